The summed E-state index contributed by atoms with van der Waals surface area (Å²) in [5, 5.41) is 0. The summed E-state index contributed by atoms with van der Waals surface area (Å²) in [5.41, 5.74) is 9.68. The highest BCUT2D eigenvalue weighted by atomic mass is 14.9. The number of nitrogen functional groups attached to an aromatic ring is 1. The lowest BCUT2D eigenvalue weighted by molar-refractivity contribution is 1.12. The predicted octanol–water partition coefficient (Wildman–Crippen LogP) is 2.60. The lowest BCUT2D eigenvalue weighted by Crippen LogP contribution is -1.98. The third kappa shape index (κ3) is 2.03. The number of aromatic nitrogens is 2. The molecule has 1 heterocycles. The molecule has 0 radical (unpaired) electrons. The van der Waals surface area contributed by atoms with E-state index < -0.39 is 0 Å². The zero-order valence-electron chi connectivity index (χ0n) is 9.57. The molecule has 2 rings (SSSR count). The van der Waals surface area contributed by atoms with E-state index in [4.69, 9.17) is 5.73 Å². The molecular weight excluding hydrogens is 198 g/mol. The molecular formula is C13H15N3. The summed E-state index contributed by atoms with van der Waals surface area (Å²) in [7, 11) is 0. The van der Waals surface area contributed by atoms with Gasteiger partial charge in [0, 0.05) is 5.56 Å². The van der Waals surface area contributed by atoms with Gasteiger partial charge in [-0.15, -0.1) is 0 Å². The Morgan fingerprint density at radius 2 is 1.88 bits per heavy atom. The van der Waals surface area contributed by atoms with Crippen molar-refractivity contribution < 1.29 is 0 Å². The smallest absolute Gasteiger partial charge is 0.144 e. The van der Waals surface area contributed by atoms with Gasteiger partial charge in [-0.2, -0.15) is 0 Å². The lowest BCUT2D eigenvalue weighted by atomic mass is 10.1. The van der Waals surface area contributed by atoms with Crippen molar-refractivity contribution in [2.45, 2.75) is 20.3 Å². The first-order chi connectivity index (χ1) is 7.70. The first-order valence-electron chi connectivity index (χ1n) is 5.39. The summed E-state index contributed by atoms with van der Waals surface area (Å²) in [6, 6.07) is 8.36. The number of hydrogen-bond acceptors (Lipinski definition) is 3. The Kier molecular flexibility index (Phi) is 2.86. The Labute approximate surface area is 95.4 Å². The molecule has 0 aliphatic carbocycles. The molecule has 1 aromatic carbocycles. The Morgan fingerprint density at radius 1 is 1.19 bits per heavy atom. The average molecular weight is 213 g/mol. The number of benzene rings is 1. The van der Waals surface area contributed by atoms with Crippen LogP contribution < -0.4 is 5.73 Å². The summed E-state index contributed by atoms with van der Waals surface area (Å²) >= 11 is 0. The van der Waals surface area contributed by atoms with Crippen LogP contribution in [0.25, 0.3) is 11.3 Å². The van der Waals surface area contributed by atoms with Crippen molar-refractivity contribution in [3.05, 3.63) is 41.7 Å². The van der Waals surface area contributed by atoms with Gasteiger partial charge in [-0.25, -0.2) is 9.97 Å². The van der Waals surface area contributed by atoms with Gasteiger partial charge in [0.05, 0.1) is 17.6 Å². The van der Waals surface area contributed by atoms with Crippen LogP contribution in [0, 0.1) is 6.92 Å². The second-order valence-corrected chi connectivity index (χ2v) is 3.78. The molecule has 0 saturated heterocycles. The largest absolute Gasteiger partial charge is 0.382 e. The number of aryl methyl sites for hydroxylation is 2. The van der Waals surface area contributed by atoms with Crippen molar-refractivity contribution in [2.75, 3.05) is 5.73 Å². The van der Waals surface area contributed by atoms with Gasteiger partial charge in [0.25, 0.3) is 0 Å². The minimum atomic E-state index is 0.494. The highest BCUT2D eigenvalue weighted by molar-refractivity contribution is 5.59. The van der Waals surface area contributed by atoms with E-state index in [0.29, 0.717) is 5.82 Å². The van der Waals surface area contributed by atoms with Gasteiger partial charge in [0.2, 0.25) is 0 Å². The van der Waals surface area contributed by atoms with E-state index >= 15 is 0 Å². The Balaban J connectivity index is 2.38. The Morgan fingerprint density at radius 3 is 2.44 bits per heavy atom. The zero-order chi connectivity index (χ0) is 11.5. The van der Waals surface area contributed by atoms with Gasteiger partial charge in [-0.3, -0.25) is 0 Å². The van der Waals surface area contributed by atoms with Gasteiger partial charge < -0.3 is 5.73 Å². The molecule has 0 fully saturated rings. The van der Waals surface area contributed by atoms with Gasteiger partial charge in [0.1, 0.15) is 5.82 Å². The molecule has 3 nitrogen and oxygen atoms in total. The maximum Gasteiger partial charge on any atom is 0.144 e. The van der Waals surface area contributed by atoms with Crippen LogP contribution in [0.3, 0.4) is 0 Å². The van der Waals surface area contributed by atoms with Crippen molar-refractivity contribution in [2.24, 2.45) is 0 Å². The van der Waals surface area contributed by atoms with Crippen LogP contribution in [-0.4, -0.2) is 9.97 Å². The monoisotopic (exact) mass is 213 g/mol. The molecule has 2 aromatic rings. The number of nitrogens with two attached hydrogens (primary N) is 1. The molecule has 0 aliphatic heterocycles. The van der Waals surface area contributed by atoms with Gasteiger partial charge in [-0.1, -0.05) is 31.2 Å². The number of anilines is 1. The van der Waals surface area contributed by atoms with Gasteiger partial charge in [-0.05, 0) is 18.9 Å². The fourth-order valence-corrected chi connectivity index (χ4v) is 1.54. The fourth-order valence-electron chi connectivity index (χ4n) is 1.54. The van der Waals surface area contributed by atoms with Gasteiger partial charge in [0.15, 0.2) is 0 Å². The Hall–Kier alpha value is -1.90. The second-order valence-electron chi connectivity index (χ2n) is 3.78. The molecule has 0 spiro atoms. The van der Waals surface area contributed by atoms with E-state index in [2.05, 4.69) is 41.2 Å². The minimum Gasteiger partial charge on any atom is -0.382 e. The molecule has 0 saturated carbocycles. The zero-order valence-corrected chi connectivity index (χ0v) is 9.57. The maximum atomic E-state index is 5.64. The molecule has 16 heavy (non-hydrogen) atoms. The molecule has 1 aromatic heterocycles. The molecule has 3 heteroatoms. The minimum absolute atomic E-state index is 0.494. The predicted molar refractivity (Wildman–Crippen MR) is 66.0 cm³/mol. The number of rotatable bonds is 2. The fraction of sp³-hybridized carbons (Fsp3) is 0.231. The number of hydrogen-bond donors (Lipinski definition) is 1. The first kappa shape index (κ1) is 10.6. The van der Waals surface area contributed by atoms with E-state index in [-0.39, 0.29) is 0 Å². The average Bonchev–Trinajstić information content (AvgIpc) is 2.33. The molecule has 0 bridgehead atoms. The summed E-state index contributed by atoms with van der Waals surface area (Å²) in [4.78, 5) is 8.52. The molecule has 82 valence electrons. The van der Waals surface area contributed by atoms with Crippen LogP contribution in [-0.2, 0) is 6.42 Å². The van der Waals surface area contributed by atoms with Crippen molar-refractivity contribution in [1.82, 2.24) is 9.97 Å². The summed E-state index contributed by atoms with van der Waals surface area (Å²) < 4.78 is 0. The highest BCUT2D eigenvalue weighted by Gasteiger charge is 2.02. The quantitative estimate of drug-likeness (QED) is 0.834. The molecule has 0 aliphatic rings. The standard InChI is InChI=1S/C13H15N3/c1-3-10-4-6-11(7-5-10)12-8-15-13(14)9(2)16-12/h4-8H,3H2,1-2H3,(H2,14,15). The third-order valence-corrected chi connectivity index (χ3v) is 2.64. The van der Waals surface area contributed by atoms with Crippen molar-refractivity contribution >= 4 is 5.82 Å². The van der Waals surface area contributed by atoms with Crippen LogP contribution in [0.1, 0.15) is 18.2 Å². The summed E-state index contributed by atoms with van der Waals surface area (Å²) in [6.07, 6.45) is 2.76. The molecule has 0 atom stereocenters. The van der Waals surface area contributed by atoms with E-state index in [9.17, 15) is 0 Å². The van der Waals surface area contributed by atoms with Crippen molar-refractivity contribution in [3.63, 3.8) is 0 Å². The van der Waals surface area contributed by atoms with Crippen molar-refractivity contribution in [3.8, 4) is 11.3 Å². The normalized spacial score (nSPS) is 10.4. The van der Waals surface area contributed by atoms with E-state index in [0.717, 1.165) is 23.4 Å². The van der Waals surface area contributed by atoms with Crippen LogP contribution >= 0.6 is 0 Å². The van der Waals surface area contributed by atoms with E-state index in [1.165, 1.54) is 5.56 Å². The van der Waals surface area contributed by atoms with Crippen LogP contribution in [0.15, 0.2) is 30.5 Å². The molecule has 0 amide bonds. The second kappa shape index (κ2) is 4.31. The van der Waals surface area contributed by atoms with Crippen LogP contribution in [0.4, 0.5) is 5.82 Å². The highest BCUT2D eigenvalue weighted by Crippen LogP contribution is 2.18. The van der Waals surface area contributed by atoms with Crippen LogP contribution in [0.5, 0.6) is 0 Å². The van der Waals surface area contributed by atoms with E-state index in [1.54, 1.807) is 6.20 Å². The SMILES string of the molecule is CCc1ccc(-c2cnc(N)c(C)n2)cc1. The van der Waals surface area contributed by atoms with Gasteiger partial charge >= 0.3 is 0 Å². The first-order valence-corrected chi connectivity index (χ1v) is 5.39. The lowest BCUT2D eigenvalue weighted by Gasteiger charge is -2.04. The van der Waals surface area contributed by atoms with Crippen molar-refractivity contribution in [1.29, 1.82) is 0 Å². The van der Waals surface area contributed by atoms with E-state index in [1.807, 2.05) is 6.92 Å². The molecule has 2 N–H and O–H groups in total. The third-order valence-electron chi connectivity index (χ3n) is 2.64. The van der Waals surface area contributed by atoms with Crippen LogP contribution in [0.2, 0.25) is 0 Å². The summed E-state index contributed by atoms with van der Waals surface area (Å²) in [6.45, 7) is 4.01. The number of nitrogens with zero attached hydrogens (tertiary/aromatic N) is 2. The molecule has 0 unspecified atom stereocenters. The Bertz CT molecular complexity index is 489. The topological polar surface area (TPSA) is 51.8 Å². The maximum absolute atomic E-state index is 5.64. The summed E-state index contributed by atoms with van der Waals surface area (Å²) in [5.74, 6) is 0.494.